The first-order chi connectivity index (χ1) is 22.1. The number of aliphatic hydroxyl groups excluding tert-OH is 1. The number of carbonyl (C=O) groups excluding carboxylic acids is 1. The van der Waals surface area contributed by atoms with Crippen LogP contribution in [0.1, 0.15) is 34.8 Å². The lowest BCUT2D eigenvalue weighted by atomic mass is 9.82. The highest BCUT2D eigenvalue weighted by Crippen LogP contribution is 2.44. The number of aliphatic imine (C=N–C) groups is 1. The van der Waals surface area contributed by atoms with Crippen LogP contribution in [0.25, 0.3) is 10.8 Å². The van der Waals surface area contributed by atoms with Gasteiger partial charge >= 0.3 is 0 Å². The van der Waals surface area contributed by atoms with E-state index in [1.807, 2.05) is 97.1 Å². The van der Waals surface area contributed by atoms with E-state index in [1.54, 1.807) is 0 Å². The molecule has 3 N–H and O–H groups in total. The molecule has 0 radical (unpaired) electrons. The second-order valence-electron chi connectivity index (χ2n) is 10.9. The zero-order chi connectivity index (χ0) is 31.1. The molecule has 8 heteroatoms. The molecule has 0 saturated carbocycles. The summed E-state index contributed by atoms with van der Waals surface area (Å²) in [5.74, 6) is 0.753. The summed E-state index contributed by atoms with van der Waals surface area (Å²) in [7, 11) is 0. The molecule has 5 aromatic rings. The average Bonchev–Trinajstić information content (AvgIpc) is 3.46. The molecule has 5 aromatic carbocycles. The highest BCUT2D eigenvalue weighted by atomic mass is 79.9. The van der Waals surface area contributed by atoms with Gasteiger partial charge in [0, 0.05) is 41.6 Å². The molecule has 1 aliphatic heterocycles. The molecule has 1 amide bonds. The van der Waals surface area contributed by atoms with Gasteiger partial charge in [-0.2, -0.15) is 0 Å². The van der Waals surface area contributed by atoms with Crippen molar-refractivity contribution in [1.82, 2.24) is 10.9 Å². The first-order valence-electron chi connectivity index (χ1n) is 15.0. The van der Waals surface area contributed by atoms with Gasteiger partial charge in [0.1, 0.15) is 5.75 Å². The van der Waals surface area contributed by atoms with Crippen molar-refractivity contribution in [3.05, 3.63) is 148 Å². The molecule has 1 heterocycles. The minimum absolute atomic E-state index is 0.0710. The predicted molar refractivity (Wildman–Crippen MR) is 180 cm³/mol. The van der Waals surface area contributed by atoms with Crippen LogP contribution in [0.15, 0.2) is 131 Å². The van der Waals surface area contributed by atoms with E-state index in [-0.39, 0.29) is 12.5 Å². The third-order valence-corrected chi connectivity index (χ3v) is 8.62. The Morgan fingerprint density at radius 3 is 2.42 bits per heavy atom. The summed E-state index contributed by atoms with van der Waals surface area (Å²) in [4.78, 5) is 19.6. The maximum absolute atomic E-state index is 14.5. The Kier molecular flexibility index (Phi) is 9.55. The third kappa shape index (κ3) is 6.78. The van der Waals surface area contributed by atoms with Crippen molar-refractivity contribution < 1.29 is 19.4 Å². The van der Waals surface area contributed by atoms with E-state index < -0.39 is 11.6 Å². The van der Waals surface area contributed by atoms with Crippen LogP contribution in [0.5, 0.6) is 5.75 Å². The van der Waals surface area contributed by atoms with Crippen LogP contribution in [0.3, 0.4) is 0 Å². The lowest BCUT2D eigenvalue weighted by molar-refractivity contribution is -0.130. The number of ether oxygens (including phenoxy) is 2. The fourth-order valence-electron chi connectivity index (χ4n) is 5.63. The molecular formula is C37H34BrN3O4. The molecule has 0 aliphatic carbocycles. The van der Waals surface area contributed by atoms with Crippen molar-refractivity contribution in [3.63, 3.8) is 0 Å². The molecule has 0 unspecified atom stereocenters. The minimum Gasteiger partial charge on any atom is -0.494 e. The monoisotopic (exact) mass is 663 g/mol. The van der Waals surface area contributed by atoms with Gasteiger partial charge in [0.05, 0.1) is 6.61 Å². The number of fused-ring (bicyclic) bond motifs is 1. The van der Waals surface area contributed by atoms with Crippen molar-refractivity contribution in [2.45, 2.75) is 31.0 Å². The summed E-state index contributed by atoms with van der Waals surface area (Å²) in [6.07, 6.45) is 0.146. The number of aliphatic hydroxyl groups is 1. The summed E-state index contributed by atoms with van der Waals surface area (Å²) in [6.45, 7) is 0.925. The number of carbonyl (C=O) groups is 1. The van der Waals surface area contributed by atoms with Crippen LogP contribution in [0.4, 0.5) is 0 Å². The molecule has 228 valence electrons. The van der Waals surface area contributed by atoms with Crippen molar-refractivity contribution in [3.8, 4) is 5.75 Å². The van der Waals surface area contributed by atoms with Gasteiger partial charge in [0.25, 0.3) is 5.91 Å². The number of rotatable bonds is 12. The van der Waals surface area contributed by atoms with Crippen LogP contribution in [0, 0.1) is 0 Å². The summed E-state index contributed by atoms with van der Waals surface area (Å²) in [5, 5.41) is 11.3. The van der Waals surface area contributed by atoms with E-state index in [0.717, 1.165) is 37.5 Å². The molecule has 45 heavy (non-hydrogen) atoms. The van der Waals surface area contributed by atoms with Crippen molar-refractivity contribution in [2.75, 3.05) is 13.2 Å². The maximum Gasteiger partial charge on any atom is 0.266 e. The minimum atomic E-state index is -1.33. The third-order valence-electron chi connectivity index (χ3n) is 7.89. The second kappa shape index (κ2) is 14.1. The van der Waals surface area contributed by atoms with Crippen molar-refractivity contribution in [1.29, 1.82) is 0 Å². The Morgan fingerprint density at radius 1 is 0.889 bits per heavy atom. The fourth-order valence-corrected chi connectivity index (χ4v) is 6.12. The summed E-state index contributed by atoms with van der Waals surface area (Å²) >= 11 is 3.70. The average molecular weight is 665 g/mol. The van der Waals surface area contributed by atoms with Crippen LogP contribution in [0.2, 0.25) is 0 Å². The lowest BCUT2D eigenvalue weighted by Crippen LogP contribution is -2.53. The Labute approximate surface area is 271 Å². The molecule has 0 fully saturated rings. The van der Waals surface area contributed by atoms with Crippen LogP contribution in [-0.2, 0) is 22.5 Å². The molecule has 2 atom stereocenters. The smallest absolute Gasteiger partial charge is 0.266 e. The highest BCUT2D eigenvalue weighted by Gasteiger charge is 2.53. The van der Waals surface area contributed by atoms with Crippen molar-refractivity contribution >= 4 is 38.5 Å². The number of hydrogen-bond acceptors (Lipinski definition) is 6. The summed E-state index contributed by atoms with van der Waals surface area (Å²) in [5.41, 5.74) is 8.43. The normalized spacial score (nSPS) is 17.5. The summed E-state index contributed by atoms with van der Waals surface area (Å²) in [6, 6.07) is 39.4. The van der Waals surface area contributed by atoms with Gasteiger partial charge in [0.2, 0.25) is 5.90 Å². The van der Waals surface area contributed by atoms with E-state index >= 15 is 0 Å². The van der Waals surface area contributed by atoms with E-state index in [4.69, 9.17) is 19.6 Å². The molecule has 0 spiro atoms. The second-order valence-corrected chi connectivity index (χ2v) is 11.8. The van der Waals surface area contributed by atoms with Gasteiger partial charge in [-0.25, -0.2) is 10.4 Å². The first-order valence-corrected chi connectivity index (χ1v) is 15.8. The maximum atomic E-state index is 14.5. The Balaban J connectivity index is 1.35. The number of benzene rings is 5. The molecule has 6 rings (SSSR count). The molecule has 0 saturated heterocycles. The van der Waals surface area contributed by atoms with Gasteiger partial charge < -0.3 is 14.6 Å². The van der Waals surface area contributed by atoms with Crippen LogP contribution < -0.4 is 15.6 Å². The number of hydrazine groups is 1. The molecule has 7 nitrogen and oxygen atoms in total. The van der Waals surface area contributed by atoms with Crippen LogP contribution in [-0.4, -0.2) is 35.7 Å². The van der Waals surface area contributed by atoms with Gasteiger partial charge in [-0.3, -0.25) is 10.2 Å². The topological polar surface area (TPSA) is 92.2 Å². The molecule has 0 bridgehead atoms. The first kappa shape index (κ1) is 30.5. The number of amides is 1. The fraction of sp³-hybridized carbons (Fsp3) is 0.189. The van der Waals surface area contributed by atoms with Gasteiger partial charge in [-0.05, 0) is 52.2 Å². The lowest BCUT2D eigenvalue weighted by Gasteiger charge is -2.31. The van der Waals surface area contributed by atoms with E-state index in [1.165, 1.54) is 0 Å². The number of nitrogens with zero attached hydrogens (tertiary/aromatic N) is 1. The Hall–Kier alpha value is -4.50. The molecule has 1 aliphatic rings. The van der Waals surface area contributed by atoms with Gasteiger partial charge in [0.15, 0.2) is 11.6 Å². The summed E-state index contributed by atoms with van der Waals surface area (Å²) < 4.78 is 13.2. The quantitative estimate of drug-likeness (QED) is 0.102. The highest BCUT2D eigenvalue weighted by molar-refractivity contribution is 9.10. The Bertz CT molecular complexity index is 1790. The molecule has 0 aromatic heterocycles. The standard InChI is InChI=1S/C37H34BrN3O4/c38-33-17-7-6-16-32(33)34-37(24-26-10-2-1-3-11-26,40-35(45-34)28-18-20-30(21-19-28)44-23-9-22-42)36(43)41-39-25-29-14-8-13-27-12-4-5-15-31(27)29/h1-8,10-21,34,39,42H,9,22-25H2,(H,41,43)/t34-,37-/m0/s1. The number of halogens is 1. The number of nitrogens with one attached hydrogen (secondary N) is 2. The SMILES string of the molecule is O=C(NNCc1cccc2ccccc12)[C@@]1(Cc2ccccc2)N=C(c2ccc(OCCCO)cc2)O[C@H]1c1ccccc1Br. The van der Waals surface area contributed by atoms with Crippen molar-refractivity contribution in [2.24, 2.45) is 4.99 Å². The van der Waals surface area contributed by atoms with E-state index in [0.29, 0.717) is 37.6 Å². The predicted octanol–water partition coefficient (Wildman–Crippen LogP) is 6.68. The van der Waals surface area contributed by atoms with Gasteiger partial charge in [-0.15, -0.1) is 0 Å². The number of hydrogen-bond donors (Lipinski definition) is 3. The van der Waals surface area contributed by atoms with E-state index in [2.05, 4.69) is 51.0 Å². The Morgan fingerprint density at radius 2 is 1.62 bits per heavy atom. The zero-order valence-electron chi connectivity index (χ0n) is 24.7. The zero-order valence-corrected chi connectivity index (χ0v) is 26.2. The molecular weight excluding hydrogens is 630 g/mol. The largest absolute Gasteiger partial charge is 0.494 e. The van der Waals surface area contributed by atoms with Crippen LogP contribution >= 0.6 is 15.9 Å². The van der Waals surface area contributed by atoms with Gasteiger partial charge in [-0.1, -0.05) is 107 Å². The van der Waals surface area contributed by atoms with E-state index in [9.17, 15) is 4.79 Å².